The number of hydrogen-bond donors (Lipinski definition) is 3. The maximum Gasteiger partial charge on any atom is 0.501 e. The van der Waals surface area contributed by atoms with Gasteiger partial charge in [-0.1, -0.05) is 0 Å². The fourth-order valence-electron chi connectivity index (χ4n) is 1.70. The highest BCUT2D eigenvalue weighted by Crippen LogP contribution is 2.18. The molecule has 0 heterocycles. The molecule has 1 atom stereocenters. The third kappa shape index (κ3) is 7.42. The lowest BCUT2D eigenvalue weighted by Crippen LogP contribution is -2.48. The Hall–Kier alpha value is -0.0231. The zero-order valence-electron chi connectivity index (χ0n) is 11.9. The SMILES string of the molecule is CCO[Si](CCC(N)NCCN)(OCC)OCC. The predicted octanol–water partition coefficient (Wildman–Crippen LogP) is 0.258. The Balaban J connectivity index is 4.27. The first-order valence-electron chi connectivity index (χ1n) is 6.75. The molecule has 0 saturated heterocycles. The molecule has 0 aromatic rings. The minimum absolute atomic E-state index is 0.0956. The zero-order chi connectivity index (χ0) is 13.9. The molecule has 0 amide bonds. The second kappa shape index (κ2) is 10.9. The molecule has 6 nitrogen and oxygen atoms in total. The summed E-state index contributed by atoms with van der Waals surface area (Å²) in [6, 6.07) is 0.723. The second-order valence-electron chi connectivity index (χ2n) is 3.87. The van der Waals surface area contributed by atoms with Crippen LogP contribution in [-0.2, 0) is 13.3 Å². The summed E-state index contributed by atoms with van der Waals surface area (Å²) in [6.45, 7) is 8.94. The molecule has 0 aromatic heterocycles. The van der Waals surface area contributed by atoms with E-state index >= 15 is 0 Å². The summed E-state index contributed by atoms with van der Waals surface area (Å²) in [7, 11) is -2.55. The summed E-state index contributed by atoms with van der Waals surface area (Å²) >= 11 is 0. The van der Waals surface area contributed by atoms with Crippen LogP contribution in [-0.4, -0.2) is 47.9 Å². The average molecular weight is 279 g/mol. The third-order valence-corrected chi connectivity index (χ3v) is 5.49. The molecule has 0 aliphatic carbocycles. The van der Waals surface area contributed by atoms with Gasteiger partial charge in [0.2, 0.25) is 0 Å². The fraction of sp³-hybridized carbons (Fsp3) is 1.00. The number of nitrogens with two attached hydrogens (primary N) is 2. The summed E-state index contributed by atoms with van der Waals surface area (Å²) in [6.07, 6.45) is 0.661. The van der Waals surface area contributed by atoms with E-state index in [4.69, 9.17) is 24.7 Å². The normalized spacial score (nSPS) is 13.8. The summed E-state index contributed by atoms with van der Waals surface area (Å²) in [4.78, 5) is 0. The first kappa shape index (κ1) is 18.0. The Morgan fingerprint density at radius 1 is 1.06 bits per heavy atom. The Labute approximate surface area is 112 Å². The van der Waals surface area contributed by atoms with Gasteiger partial charge in [-0.05, 0) is 27.2 Å². The van der Waals surface area contributed by atoms with Gasteiger partial charge >= 0.3 is 8.80 Å². The van der Waals surface area contributed by atoms with Crippen molar-refractivity contribution in [1.82, 2.24) is 5.32 Å². The van der Waals surface area contributed by atoms with E-state index in [1.807, 2.05) is 20.8 Å². The highest BCUT2D eigenvalue weighted by Gasteiger charge is 2.40. The summed E-state index contributed by atoms with van der Waals surface area (Å²) < 4.78 is 17.3. The molecule has 0 bridgehead atoms. The third-order valence-electron chi connectivity index (χ3n) is 2.41. The van der Waals surface area contributed by atoms with E-state index in [-0.39, 0.29) is 6.17 Å². The molecule has 1 unspecified atom stereocenters. The Kier molecular flexibility index (Phi) is 10.8. The van der Waals surface area contributed by atoms with Crippen molar-refractivity contribution in [1.29, 1.82) is 0 Å². The van der Waals surface area contributed by atoms with Gasteiger partial charge < -0.3 is 30.1 Å². The van der Waals surface area contributed by atoms with Crippen LogP contribution in [0, 0.1) is 0 Å². The Morgan fingerprint density at radius 2 is 1.56 bits per heavy atom. The van der Waals surface area contributed by atoms with Gasteiger partial charge in [-0.25, -0.2) is 0 Å². The van der Waals surface area contributed by atoms with Gasteiger partial charge in [0.25, 0.3) is 0 Å². The largest absolute Gasteiger partial charge is 0.501 e. The molecule has 0 spiro atoms. The van der Waals surface area contributed by atoms with Gasteiger partial charge in [-0.15, -0.1) is 0 Å². The van der Waals surface area contributed by atoms with Gasteiger partial charge in [0.15, 0.2) is 0 Å². The van der Waals surface area contributed by atoms with Crippen LogP contribution < -0.4 is 16.8 Å². The van der Waals surface area contributed by atoms with E-state index in [1.165, 1.54) is 0 Å². The van der Waals surface area contributed by atoms with E-state index in [0.29, 0.717) is 32.9 Å². The lowest BCUT2D eigenvalue weighted by atomic mass is 10.4. The van der Waals surface area contributed by atoms with Crippen molar-refractivity contribution in [2.75, 3.05) is 32.9 Å². The molecule has 18 heavy (non-hydrogen) atoms. The highest BCUT2D eigenvalue weighted by atomic mass is 28.4. The highest BCUT2D eigenvalue weighted by molar-refractivity contribution is 6.60. The molecular formula is C11H29N3O3Si. The molecule has 0 aliphatic heterocycles. The van der Waals surface area contributed by atoms with E-state index in [0.717, 1.165) is 12.5 Å². The maximum atomic E-state index is 5.94. The Morgan fingerprint density at radius 3 is 1.94 bits per heavy atom. The van der Waals surface area contributed by atoms with Crippen LogP contribution in [0.2, 0.25) is 6.04 Å². The van der Waals surface area contributed by atoms with Crippen LogP contribution in [0.15, 0.2) is 0 Å². The standard InChI is InChI=1S/C11H29N3O3Si/c1-4-15-18(16-5-2,17-6-3)10-7-11(13)14-9-8-12/h11,14H,4-10,12-13H2,1-3H3. The van der Waals surface area contributed by atoms with E-state index in [2.05, 4.69) is 5.32 Å². The zero-order valence-corrected chi connectivity index (χ0v) is 12.9. The van der Waals surface area contributed by atoms with Gasteiger partial charge in [-0.2, -0.15) is 0 Å². The molecule has 5 N–H and O–H groups in total. The molecule has 0 aliphatic rings. The van der Waals surface area contributed by atoms with Crippen LogP contribution in [0.4, 0.5) is 0 Å². The van der Waals surface area contributed by atoms with Gasteiger partial charge in [0, 0.05) is 39.0 Å². The van der Waals surface area contributed by atoms with Crippen LogP contribution in [0.1, 0.15) is 27.2 Å². The van der Waals surface area contributed by atoms with Crippen LogP contribution in [0.25, 0.3) is 0 Å². The van der Waals surface area contributed by atoms with Gasteiger partial charge in [0.1, 0.15) is 0 Å². The smallest absolute Gasteiger partial charge is 0.374 e. The van der Waals surface area contributed by atoms with E-state index in [1.54, 1.807) is 0 Å². The van der Waals surface area contributed by atoms with Crippen molar-refractivity contribution in [2.45, 2.75) is 39.4 Å². The van der Waals surface area contributed by atoms with Crippen molar-refractivity contribution in [2.24, 2.45) is 11.5 Å². The summed E-state index contributed by atoms with van der Waals surface area (Å²) in [5.74, 6) is 0. The summed E-state index contributed by atoms with van der Waals surface area (Å²) in [5, 5.41) is 3.14. The first-order chi connectivity index (χ1) is 8.64. The van der Waals surface area contributed by atoms with Crippen molar-refractivity contribution >= 4 is 8.80 Å². The molecular weight excluding hydrogens is 250 g/mol. The van der Waals surface area contributed by atoms with Gasteiger partial charge in [0.05, 0.1) is 6.17 Å². The van der Waals surface area contributed by atoms with Crippen molar-refractivity contribution in [3.8, 4) is 0 Å². The van der Waals surface area contributed by atoms with Gasteiger partial charge in [-0.3, -0.25) is 0 Å². The molecule has 110 valence electrons. The Bertz CT molecular complexity index is 181. The minimum atomic E-state index is -2.55. The minimum Gasteiger partial charge on any atom is -0.374 e. The number of rotatable bonds is 12. The lowest BCUT2D eigenvalue weighted by Gasteiger charge is -2.29. The molecule has 0 rings (SSSR count). The second-order valence-corrected chi connectivity index (χ2v) is 6.60. The molecule has 0 saturated carbocycles. The first-order valence-corrected chi connectivity index (χ1v) is 8.68. The van der Waals surface area contributed by atoms with E-state index < -0.39 is 8.80 Å². The van der Waals surface area contributed by atoms with Crippen LogP contribution in [0.5, 0.6) is 0 Å². The topological polar surface area (TPSA) is 91.8 Å². The molecule has 0 radical (unpaired) electrons. The number of hydrogen-bond acceptors (Lipinski definition) is 6. The summed E-state index contributed by atoms with van der Waals surface area (Å²) in [5.41, 5.74) is 11.4. The average Bonchev–Trinajstić information content (AvgIpc) is 2.35. The molecule has 0 fully saturated rings. The van der Waals surface area contributed by atoms with Crippen LogP contribution >= 0.6 is 0 Å². The maximum absolute atomic E-state index is 5.94. The predicted molar refractivity (Wildman–Crippen MR) is 75.1 cm³/mol. The van der Waals surface area contributed by atoms with Crippen molar-refractivity contribution in [3.05, 3.63) is 0 Å². The van der Waals surface area contributed by atoms with E-state index in [9.17, 15) is 0 Å². The van der Waals surface area contributed by atoms with Crippen molar-refractivity contribution < 1.29 is 13.3 Å². The number of nitrogens with one attached hydrogen (secondary N) is 1. The lowest BCUT2D eigenvalue weighted by molar-refractivity contribution is 0.0700. The molecule has 7 heteroatoms. The molecule has 0 aromatic carbocycles. The van der Waals surface area contributed by atoms with Crippen molar-refractivity contribution in [3.63, 3.8) is 0 Å². The quantitative estimate of drug-likeness (QED) is 0.350. The fourth-order valence-corrected chi connectivity index (χ4v) is 4.37. The van der Waals surface area contributed by atoms with Crippen LogP contribution in [0.3, 0.4) is 0 Å². The monoisotopic (exact) mass is 279 g/mol.